The molecular weight excluding hydrogens is 699 g/mol. The third kappa shape index (κ3) is 4.55. The third-order valence-corrected chi connectivity index (χ3v) is 11.4. The number of hydrogen-bond acceptors (Lipinski definition) is 3. The summed E-state index contributed by atoms with van der Waals surface area (Å²) in [5, 5.41) is 7.79. The van der Waals surface area contributed by atoms with Crippen molar-refractivity contribution in [2.75, 3.05) is 0 Å². The first kappa shape index (κ1) is 31.5. The van der Waals surface area contributed by atoms with Gasteiger partial charge in [0, 0.05) is 54.6 Å². The SMILES string of the molecule is O=c1c2ccc3c4ccccc4n(-c4ccccc4)c3c2c2cc3c(cc2n1-c1ccccc1)c1ccccc1n3-c1nc(-c2ccccc2)c2ccccc2n1. The van der Waals surface area contributed by atoms with Crippen LogP contribution in [0.3, 0.4) is 0 Å². The molecule has 6 heteroatoms. The Labute approximate surface area is 325 Å². The van der Waals surface area contributed by atoms with Crippen LogP contribution < -0.4 is 5.56 Å². The Morgan fingerprint density at radius 1 is 0.368 bits per heavy atom. The van der Waals surface area contributed by atoms with Crippen molar-refractivity contribution in [1.29, 1.82) is 0 Å². The molecule has 8 aromatic carbocycles. The molecule has 57 heavy (non-hydrogen) atoms. The Balaban J connectivity index is 1.31. The second-order valence-electron chi connectivity index (χ2n) is 14.5. The van der Waals surface area contributed by atoms with Crippen LogP contribution in [-0.2, 0) is 0 Å². The van der Waals surface area contributed by atoms with Gasteiger partial charge in [-0.05, 0) is 60.7 Å². The van der Waals surface area contributed by atoms with Crippen LogP contribution in [0.4, 0.5) is 0 Å². The summed E-state index contributed by atoms with van der Waals surface area (Å²) in [4.78, 5) is 25.7. The zero-order chi connectivity index (χ0) is 37.6. The molecule has 12 rings (SSSR count). The van der Waals surface area contributed by atoms with E-state index >= 15 is 4.79 Å². The zero-order valence-electron chi connectivity index (χ0n) is 30.5. The van der Waals surface area contributed by atoms with Crippen LogP contribution in [0.1, 0.15) is 0 Å². The van der Waals surface area contributed by atoms with Gasteiger partial charge in [0.05, 0.1) is 44.2 Å². The molecule has 4 heterocycles. The molecular formula is C51H31N5O. The van der Waals surface area contributed by atoms with Crippen molar-refractivity contribution >= 4 is 76.2 Å². The molecule has 0 spiro atoms. The molecule has 0 bridgehead atoms. The maximum atomic E-state index is 15.1. The van der Waals surface area contributed by atoms with E-state index in [1.165, 1.54) is 0 Å². The summed E-state index contributed by atoms with van der Waals surface area (Å²) < 4.78 is 6.39. The summed E-state index contributed by atoms with van der Waals surface area (Å²) in [6.45, 7) is 0. The number of rotatable bonds is 4. The fraction of sp³-hybridized carbons (Fsp3) is 0. The van der Waals surface area contributed by atoms with Crippen LogP contribution in [0.5, 0.6) is 0 Å². The maximum Gasteiger partial charge on any atom is 0.263 e. The fourth-order valence-corrected chi connectivity index (χ4v) is 9.00. The van der Waals surface area contributed by atoms with Crippen molar-refractivity contribution in [3.8, 4) is 28.6 Å². The van der Waals surface area contributed by atoms with Gasteiger partial charge in [0.1, 0.15) is 0 Å². The van der Waals surface area contributed by atoms with Gasteiger partial charge in [-0.15, -0.1) is 0 Å². The number of aromatic nitrogens is 5. The molecule has 12 aromatic rings. The average molecular weight is 730 g/mol. The quantitative estimate of drug-likeness (QED) is 0.170. The van der Waals surface area contributed by atoms with E-state index in [4.69, 9.17) is 9.97 Å². The molecule has 0 saturated heterocycles. The van der Waals surface area contributed by atoms with E-state index in [2.05, 4.69) is 124 Å². The van der Waals surface area contributed by atoms with Crippen LogP contribution in [-0.4, -0.2) is 23.7 Å². The molecule has 0 unspecified atom stereocenters. The first-order valence-corrected chi connectivity index (χ1v) is 19.1. The highest BCUT2D eigenvalue weighted by molar-refractivity contribution is 6.27. The molecule has 0 atom stereocenters. The van der Waals surface area contributed by atoms with E-state index < -0.39 is 0 Å². The molecule has 0 amide bonds. The molecule has 0 aliphatic rings. The van der Waals surface area contributed by atoms with E-state index in [9.17, 15) is 0 Å². The summed E-state index contributed by atoms with van der Waals surface area (Å²) in [5.74, 6) is 0.585. The van der Waals surface area contributed by atoms with Crippen LogP contribution in [0.25, 0.3) is 105 Å². The number of fused-ring (bicyclic) bond motifs is 11. The lowest BCUT2D eigenvalue weighted by atomic mass is 10.00. The van der Waals surface area contributed by atoms with Crippen molar-refractivity contribution < 1.29 is 0 Å². The summed E-state index contributed by atoms with van der Waals surface area (Å²) in [6, 6.07) is 64.5. The largest absolute Gasteiger partial charge is 0.309 e. The van der Waals surface area contributed by atoms with E-state index in [0.717, 1.165) is 93.4 Å². The highest BCUT2D eigenvalue weighted by Gasteiger charge is 2.24. The molecule has 0 aliphatic carbocycles. The summed E-state index contributed by atoms with van der Waals surface area (Å²) >= 11 is 0. The Kier molecular flexibility index (Phi) is 6.68. The highest BCUT2D eigenvalue weighted by Crippen LogP contribution is 2.42. The minimum absolute atomic E-state index is 0.0658. The van der Waals surface area contributed by atoms with Crippen LogP contribution in [0.15, 0.2) is 193 Å². The van der Waals surface area contributed by atoms with Gasteiger partial charge in [0.15, 0.2) is 0 Å². The second kappa shape index (κ2) is 12.1. The highest BCUT2D eigenvalue weighted by atomic mass is 16.1. The van der Waals surface area contributed by atoms with Gasteiger partial charge in [-0.3, -0.25) is 13.9 Å². The van der Waals surface area contributed by atoms with Crippen molar-refractivity contribution in [2.24, 2.45) is 0 Å². The maximum absolute atomic E-state index is 15.1. The summed E-state index contributed by atoms with van der Waals surface area (Å²) in [5.41, 5.74) is 9.40. The molecule has 0 radical (unpaired) electrons. The second-order valence-corrected chi connectivity index (χ2v) is 14.5. The number of pyridine rings is 1. The van der Waals surface area contributed by atoms with E-state index in [1.807, 2.05) is 77.4 Å². The predicted molar refractivity (Wildman–Crippen MR) is 234 cm³/mol. The molecule has 0 N–H and O–H groups in total. The van der Waals surface area contributed by atoms with Crippen molar-refractivity contribution in [2.45, 2.75) is 0 Å². The minimum atomic E-state index is -0.0658. The lowest BCUT2D eigenvalue weighted by Crippen LogP contribution is -2.19. The monoisotopic (exact) mass is 729 g/mol. The molecule has 4 aromatic heterocycles. The van der Waals surface area contributed by atoms with Crippen LogP contribution in [0, 0.1) is 0 Å². The van der Waals surface area contributed by atoms with E-state index in [-0.39, 0.29) is 5.56 Å². The number of nitrogens with zero attached hydrogens (tertiary/aromatic N) is 5. The molecule has 266 valence electrons. The van der Waals surface area contributed by atoms with Gasteiger partial charge < -0.3 is 4.57 Å². The lowest BCUT2D eigenvalue weighted by Gasteiger charge is -2.17. The van der Waals surface area contributed by atoms with Crippen molar-refractivity contribution in [1.82, 2.24) is 23.7 Å². The van der Waals surface area contributed by atoms with E-state index in [0.29, 0.717) is 11.3 Å². The molecule has 0 saturated carbocycles. The topological polar surface area (TPSA) is 57.6 Å². The predicted octanol–water partition coefficient (Wildman–Crippen LogP) is 11.9. The van der Waals surface area contributed by atoms with Crippen LogP contribution >= 0.6 is 0 Å². The Hall–Kier alpha value is -7.83. The first-order chi connectivity index (χ1) is 28.2. The zero-order valence-corrected chi connectivity index (χ0v) is 30.5. The van der Waals surface area contributed by atoms with Crippen LogP contribution in [0.2, 0.25) is 0 Å². The van der Waals surface area contributed by atoms with E-state index in [1.54, 1.807) is 0 Å². The fourth-order valence-electron chi connectivity index (χ4n) is 9.00. The third-order valence-electron chi connectivity index (χ3n) is 11.4. The van der Waals surface area contributed by atoms with Crippen molar-refractivity contribution in [3.63, 3.8) is 0 Å². The first-order valence-electron chi connectivity index (χ1n) is 19.1. The molecule has 6 nitrogen and oxygen atoms in total. The molecule has 0 aliphatic heterocycles. The van der Waals surface area contributed by atoms with Gasteiger partial charge >= 0.3 is 0 Å². The lowest BCUT2D eigenvalue weighted by molar-refractivity contribution is 1.01. The Morgan fingerprint density at radius 2 is 0.895 bits per heavy atom. The van der Waals surface area contributed by atoms with Crippen molar-refractivity contribution in [3.05, 3.63) is 198 Å². The smallest absolute Gasteiger partial charge is 0.263 e. The average Bonchev–Trinajstić information content (AvgIpc) is 3.79. The Bertz CT molecular complexity index is 3640. The number of para-hydroxylation sites is 5. The van der Waals surface area contributed by atoms with Gasteiger partial charge in [-0.2, -0.15) is 0 Å². The summed E-state index contributed by atoms with van der Waals surface area (Å²) in [6.07, 6.45) is 0. The normalized spacial score (nSPS) is 11.9. The minimum Gasteiger partial charge on any atom is -0.309 e. The number of hydrogen-bond donors (Lipinski definition) is 0. The molecule has 0 fully saturated rings. The Morgan fingerprint density at radius 3 is 1.61 bits per heavy atom. The van der Waals surface area contributed by atoms with Gasteiger partial charge in [0.2, 0.25) is 5.95 Å². The van der Waals surface area contributed by atoms with Gasteiger partial charge in [-0.25, -0.2) is 9.97 Å². The number of benzene rings is 8. The standard InChI is InChI=1S/C51H31N5O/c57-50-39-29-28-37-35-22-11-14-26-43(35)54(33-18-6-2-7-19-33)49(37)47(39)41-31-45-40(30-46(41)55(50)34-20-8-3-9-21-34)36-23-12-15-27-44(36)56(45)51-52-42-25-13-10-24-38(42)48(53-51)32-16-4-1-5-17-32/h1-31H. The van der Waals surface area contributed by atoms with Gasteiger partial charge in [0.25, 0.3) is 5.56 Å². The summed E-state index contributed by atoms with van der Waals surface area (Å²) in [7, 11) is 0. The van der Waals surface area contributed by atoms with Gasteiger partial charge in [-0.1, -0.05) is 127 Å².